The monoisotopic (exact) mass is 234 g/mol. The Balaban J connectivity index is 2.30. The summed E-state index contributed by atoms with van der Waals surface area (Å²) in [5.41, 5.74) is 6.77. The Morgan fingerprint density at radius 3 is 2.69 bits per heavy atom. The molecule has 0 aliphatic heterocycles. The number of rotatable bonds is 2. The Morgan fingerprint density at radius 1 is 1.38 bits per heavy atom. The molecule has 0 spiro atoms. The van der Waals surface area contributed by atoms with Crippen LogP contribution in [0.4, 0.5) is 10.6 Å². The van der Waals surface area contributed by atoms with Gasteiger partial charge in [-0.2, -0.15) is 5.10 Å². The molecular weight excluding hydrogens is 224 g/mol. The Morgan fingerprint density at radius 2 is 2.06 bits per heavy atom. The van der Waals surface area contributed by atoms with Gasteiger partial charge in [0, 0.05) is 11.6 Å². The number of nitrogens with two attached hydrogens (primary N) is 1. The van der Waals surface area contributed by atoms with Gasteiger partial charge in [-0.15, -0.1) is 0 Å². The third-order valence-corrected chi connectivity index (χ3v) is 2.48. The fourth-order valence-corrected chi connectivity index (χ4v) is 1.40. The number of primary amides is 1. The van der Waals surface area contributed by atoms with Crippen molar-refractivity contribution < 1.29 is 4.79 Å². The maximum absolute atomic E-state index is 10.9. The van der Waals surface area contributed by atoms with E-state index in [9.17, 15) is 4.79 Å². The lowest BCUT2D eigenvalue weighted by Crippen LogP contribution is -2.27. The van der Waals surface area contributed by atoms with Gasteiger partial charge >= 0.3 is 6.03 Å². The van der Waals surface area contributed by atoms with Gasteiger partial charge in [-0.05, 0) is 0 Å². The second-order valence-electron chi connectivity index (χ2n) is 3.15. The molecule has 2 aromatic rings. The zero-order valence-corrected chi connectivity index (χ0v) is 9.19. The second-order valence-corrected chi connectivity index (χ2v) is 3.55. The minimum absolute atomic E-state index is 0.440. The van der Waals surface area contributed by atoms with Crippen LogP contribution in [0.25, 0.3) is 11.3 Å². The van der Waals surface area contributed by atoms with E-state index in [1.54, 1.807) is 6.07 Å². The number of nitrogens with zero attached hydrogens (tertiary/aromatic N) is 2. The minimum atomic E-state index is -0.661. The molecular formula is C10H10N4OS. The van der Waals surface area contributed by atoms with Crippen molar-refractivity contribution in [1.82, 2.24) is 10.2 Å². The number of amides is 2. The van der Waals surface area contributed by atoms with E-state index in [0.29, 0.717) is 5.82 Å². The maximum atomic E-state index is 10.9. The molecule has 2 rings (SSSR count). The highest BCUT2D eigenvalue weighted by Crippen LogP contribution is 2.22. The maximum Gasteiger partial charge on any atom is 0.330 e. The molecule has 1 heterocycles. The van der Waals surface area contributed by atoms with E-state index in [2.05, 4.69) is 23.0 Å². The molecule has 1 aromatic carbocycles. The summed E-state index contributed by atoms with van der Waals surface area (Å²) in [6.45, 7) is 0. The summed E-state index contributed by atoms with van der Waals surface area (Å²) in [4.78, 5) is 10.9. The Bertz CT molecular complexity index is 497. The van der Waals surface area contributed by atoms with Crippen LogP contribution >= 0.6 is 12.8 Å². The van der Waals surface area contributed by atoms with E-state index in [4.69, 9.17) is 5.73 Å². The molecule has 6 heteroatoms. The minimum Gasteiger partial charge on any atom is -0.350 e. The SMILES string of the molecule is NC(=O)N(S)c1cc(-c2ccccc2)n[nH]1. The average Bonchev–Trinajstić information content (AvgIpc) is 2.78. The molecule has 0 saturated heterocycles. The molecule has 0 aliphatic rings. The molecule has 0 fully saturated rings. The summed E-state index contributed by atoms with van der Waals surface area (Å²) in [7, 11) is 0. The van der Waals surface area contributed by atoms with Crippen molar-refractivity contribution in [3.8, 4) is 11.3 Å². The number of aromatic nitrogens is 2. The Kier molecular flexibility index (Phi) is 2.82. The number of H-pyrrole nitrogens is 1. The van der Waals surface area contributed by atoms with Crippen LogP contribution < -0.4 is 10.0 Å². The van der Waals surface area contributed by atoms with E-state index in [0.717, 1.165) is 15.6 Å². The Hall–Kier alpha value is -1.95. The molecule has 5 nitrogen and oxygen atoms in total. The van der Waals surface area contributed by atoms with Crippen LogP contribution in [-0.2, 0) is 0 Å². The van der Waals surface area contributed by atoms with Gasteiger partial charge in [-0.25, -0.2) is 9.10 Å². The molecule has 0 bridgehead atoms. The molecule has 0 saturated carbocycles. The number of urea groups is 1. The fourth-order valence-electron chi connectivity index (χ4n) is 1.30. The predicted molar refractivity (Wildman–Crippen MR) is 65.1 cm³/mol. The lowest BCUT2D eigenvalue weighted by atomic mass is 10.2. The van der Waals surface area contributed by atoms with Crippen molar-refractivity contribution in [3.05, 3.63) is 36.4 Å². The van der Waals surface area contributed by atoms with Crippen molar-refractivity contribution in [3.63, 3.8) is 0 Å². The zero-order valence-electron chi connectivity index (χ0n) is 8.29. The normalized spacial score (nSPS) is 10.1. The third-order valence-electron chi connectivity index (χ3n) is 2.07. The molecule has 0 aliphatic carbocycles. The second kappa shape index (κ2) is 4.28. The first-order valence-corrected chi connectivity index (χ1v) is 4.98. The van der Waals surface area contributed by atoms with Crippen molar-refractivity contribution >= 4 is 24.7 Å². The van der Waals surface area contributed by atoms with Gasteiger partial charge in [-0.3, -0.25) is 5.10 Å². The topological polar surface area (TPSA) is 75.0 Å². The molecule has 16 heavy (non-hydrogen) atoms. The summed E-state index contributed by atoms with van der Waals surface area (Å²) < 4.78 is 0.999. The summed E-state index contributed by atoms with van der Waals surface area (Å²) in [6, 6.07) is 10.6. The number of nitrogens with one attached hydrogen (secondary N) is 1. The fraction of sp³-hybridized carbons (Fsp3) is 0. The summed E-state index contributed by atoms with van der Waals surface area (Å²) >= 11 is 3.93. The first kappa shape index (κ1) is 10.6. The van der Waals surface area contributed by atoms with Crippen LogP contribution in [0.5, 0.6) is 0 Å². The van der Waals surface area contributed by atoms with Crippen LogP contribution in [0.2, 0.25) is 0 Å². The van der Waals surface area contributed by atoms with Gasteiger partial charge in [0.1, 0.15) is 5.82 Å². The highest BCUT2D eigenvalue weighted by Gasteiger charge is 2.11. The molecule has 2 amide bonds. The molecule has 0 radical (unpaired) electrons. The summed E-state index contributed by atoms with van der Waals surface area (Å²) in [5.74, 6) is 0.440. The van der Waals surface area contributed by atoms with E-state index in [-0.39, 0.29) is 0 Å². The first-order chi connectivity index (χ1) is 7.68. The average molecular weight is 234 g/mol. The van der Waals surface area contributed by atoms with E-state index < -0.39 is 6.03 Å². The molecule has 82 valence electrons. The number of hydrogen-bond acceptors (Lipinski definition) is 3. The highest BCUT2D eigenvalue weighted by molar-refractivity contribution is 7.82. The van der Waals surface area contributed by atoms with Crippen LogP contribution in [0.3, 0.4) is 0 Å². The van der Waals surface area contributed by atoms with Crippen LogP contribution in [-0.4, -0.2) is 16.2 Å². The number of anilines is 1. The predicted octanol–water partition coefficient (Wildman–Crippen LogP) is 1.81. The first-order valence-electron chi connectivity index (χ1n) is 4.58. The van der Waals surface area contributed by atoms with Gasteiger partial charge < -0.3 is 5.73 Å². The van der Waals surface area contributed by atoms with Crippen molar-refractivity contribution in [2.45, 2.75) is 0 Å². The number of benzene rings is 1. The quantitative estimate of drug-likeness (QED) is 0.693. The summed E-state index contributed by atoms with van der Waals surface area (Å²) in [5, 5.41) is 6.75. The lowest BCUT2D eigenvalue weighted by Gasteiger charge is -2.07. The van der Waals surface area contributed by atoms with E-state index in [1.165, 1.54) is 0 Å². The largest absolute Gasteiger partial charge is 0.350 e. The van der Waals surface area contributed by atoms with Gasteiger partial charge in [0.15, 0.2) is 0 Å². The van der Waals surface area contributed by atoms with Crippen LogP contribution in [0.1, 0.15) is 0 Å². The van der Waals surface area contributed by atoms with Gasteiger partial charge in [0.25, 0.3) is 0 Å². The zero-order chi connectivity index (χ0) is 11.5. The molecule has 1 aromatic heterocycles. The highest BCUT2D eigenvalue weighted by atomic mass is 32.1. The van der Waals surface area contributed by atoms with Gasteiger partial charge in [0.05, 0.1) is 5.69 Å². The molecule has 0 atom stereocenters. The lowest BCUT2D eigenvalue weighted by molar-refractivity contribution is 0.257. The third kappa shape index (κ3) is 2.01. The molecule has 0 unspecified atom stereocenters. The Labute approximate surface area is 97.8 Å². The van der Waals surface area contributed by atoms with Crippen molar-refractivity contribution in [2.75, 3.05) is 4.31 Å². The van der Waals surface area contributed by atoms with Crippen molar-refractivity contribution in [1.29, 1.82) is 0 Å². The standard InChI is InChI=1S/C10H10N4OS/c11-10(15)14(16)9-6-8(12-13-9)7-4-2-1-3-5-7/h1-6,16H,(H2,11,15)(H,12,13). The van der Waals surface area contributed by atoms with Crippen LogP contribution in [0, 0.1) is 0 Å². The molecule has 3 N–H and O–H groups in total. The number of aromatic amines is 1. The van der Waals surface area contributed by atoms with Gasteiger partial charge in [-0.1, -0.05) is 43.1 Å². The number of hydrogen-bond donors (Lipinski definition) is 3. The number of carbonyl (C=O) groups is 1. The number of carbonyl (C=O) groups excluding carboxylic acids is 1. The number of thiol groups is 1. The van der Waals surface area contributed by atoms with Crippen LogP contribution in [0.15, 0.2) is 36.4 Å². The van der Waals surface area contributed by atoms with Crippen molar-refractivity contribution in [2.24, 2.45) is 5.73 Å². The summed E-state index contributed by atoms with van der Waals surface area (Å²) in [6.07, 6.45) is 0. The smallest absolute Gasteiger partial charge is 0.330 e. The van der Waals surface area contributed by atoms with E-state index >= 15 is 0 Å². The van der Waals surface area contributed by atoms with Gasteiger partial charge in [0.2, 0.25) is 0 Å². The van der Waals surface area contributed by atoms with E-state index in [1.807, 2.05) is 30.3 Å².